The number of piperidine rings is 1. The number of benzene rings is 1. The maximum absolute atomic E-state index is 13.2. The van der Waals surface area contributed by atoms with Crippen LogP contribution in [0.4, 0.5) is 17.6 Å². The number of amides is 2. The Balaban J connectivity index is 1.82. The molecule has 24 heavy (non-hydrogen) atoms. The van der Waals surface area contributed by atoms with Crippen molar-refractivity contribution in [1.29, 1.82) is 0 Å². The first-order valence-electron chi connectivity index (χ1n) is 7.57. The van der Waals surface area contributed by atoms with E-state index < -0.39 is 18.0 Å². The van der Waals surface area contributed by atoms with Gasteiger partial charge in [0.15, 0.2) is 0 Å². The predicted molar refractivity (Wildman–Crippen MR) is 78.3 cm³/mol. The van der Waals surface area contributed by atoms with Gasteiger partial charge in [-0.2, -0.15) is 13.2 Å². The molecule has 0 aromatic heterocycles. The minimum absolute atomic E-state index is 0.0912. The van der Waals surface area contributed by atoms with Gasteiger partial charge < -0.3 is 10.2 Å². The average Bonchev–Trinajstić information content (AvgIpc) is 2.54. The lowest BCUT2D eigenvalue weighted by molar-refractivity contribution is -0.186. The molecule has 2 amide bonds. The summed E-state index contributed by atoms with van der Waals surface area (Å²) >= 11 is 0. The molecule has 1 saturated heterocycles. The number of carbonyl (C=O) groups is 2. The van der Waals surface area contributed by atoms with Gasteiger partial charge in [0, 0.05) is 25.6 Å². The van der Waals surface area contributed by atoms with Crippen molar-refractivity contribution < 1.29 is 27.2 Å². The number of nitrogens with zero attached hydrogens (tertiary/aromatic N) is 1. The molecule has 0 bridgehead atoms. The van der Waals surface area contributed by atoms with Gasteiger partial charge in [-0.1, -0.05) is 12.1 Å². The van der Waals surface area contributed by atoms with Crippen LogP contribution >= 0.6 is 0 Å². The SMILES string of the molecule is Cc1cc(CNC(=O)C2CCN(C(=O)C(F)(F)F)CC2)ccc1F. The summed E-state index contributed by atoms with van der Waals surface area (Å²) < 4.78 is 50.3. The molecule has 0 spiro atoms. The number of rotatable bonds is 3. The van der Waals surface area contributed by atoms with Crippen LogP contribution in [0, 0.1) is 18.7 Å². The predicted octanol–water partition coefficient (Wildman–Crippen LogP) is 2.55. The molecule has 1 N–H and O–H groups in total. The summed E-state index contributed by atoms with van der Waals surface area (Å²) in [6, 6.07) is 4.51. The molecule has 1 fully saturated rings. The van der Waals surface area contributed by atoms with E-state index in [1.807, 2.05) is 0 Å². The van der Waals surface area contributed by atoms with E-state index in [0.29, 0.717) is 5.56 Å². The Morgan fingerprint density at radius 3 is 2.42 bits per heavy atom. The van der Waals surface area contributed by atoms with Gasteiger partial charge in [0.1, 0.15) is 5.82 Å². The lowest BCUT2D eigenvalue weighted by Crippen LogP contribution is -2.47. The molecular weight excluding hydrogens is 328 g/mol. The molecule has 8 heteroatoms. The Morgan fingerprint density at radius 2 is 1.88 bits per heavy atom. The molecule has 1 aliphatic heterocycles. The summed E-state index contributed by atoms with van der Waals surface area (Å²) in [6.45, 7) is 1.66. The zero-order chi connectivity index (χ0) is 17.9. The molecule has 0 radical (unpaired) electrons. The zero-order valence-electron chi connectivity index (χ0n) is 13.1. The largest absolute Gasteiger partial charge is 0.471 e. The molecule has 4 nitrogen and oxygen atoms in total. The summed E-state index contributed by atoms with van der Waals surface area (Å²) in [5.41, 5.74) is 1.22. The minimum Gasteiger partial charge on any atom is -0.352 e. The number of likely N-dealkylation sites (tertiary alicyclic amines) is 1. The van der Waals surface area contributed by atoms with Crippen LogP contribution in [0.5, 0.6) is 0 Å². The first kappa shape index (κ1) is 18.2. The fourth-order valence-corrected chi connectivity index (χ4v) is 2.67. The van der Waals surface area contributed by atoms with Crippen LogP contribution < -0.4 is 5.32 Å². The second kappa shape index (κ2) is 7.19. The highest BCUT2D eigenvalue weighted by Crippen LogP contribution is 2.24. The van der Waals surface area contributed by atoms with Crippen LogP contribution in [0.15, 0.2) is 18.2 Å². The van der Waals surface area contributed by atoms with Gasteiger partial charge in [0.05, 0.1) is 0 Å². The van der Waals surface area contributed by atoms with Crippen molar-refractivity contribution in [3.8, 4) is 0 Å². The fourth-order valence-electron chi connectivity index (χ4n) is 2.67. The van der Waals surface area contributed by atoms with Crippen molar-refractivity contribution in [3.05, 3.63) is 35.1 Å². The summed E-state index contributed by atoms with van der Waals surface area (Å²) in [5.74, 6) is -2.88. The normalized spacial score (nSPS) is 16.1. The van der Waals surface area contributed by atoms with Crippen molar-refractivity contribution in [2.75, 3.05) is 13.1 Å². The Hall–Kier alpha value is -2.12. The monoisotopic (exact) mass is 346 g/mol. The van der Waals surface area contributed by atoms with E-state index in [-0.39, 0.29) is 44.2 Å². The smallest absolute Gasteiger partial charge is 0.352 e. The minimum atomic E-state index is -4.88. The zero-order valence-corrected chi connectivity index (χ0v) is 13.1. The van der Waals surface area contributed by atoms with Gasteiger partial charge in [0.2, 0.25) is 5.91 Å². The number of halogens is 4. The highest BCUT2D eigenvalue weighted by atomic mass is 19.4. The summed E-state index contributed by atoms with van der Waals surface area (Å²) in [7, 11) is 0. The summed E-state index contributed by atoms with van der Waals surface area (Å²) in [4.78, 5) is 24.0. The molecule has 132 valence electrons. The van der Waals surface area contributed by atoms with Gasteiger partial charge in [-0.25, -0.2) is 4.39 Å². The molecule has 0 aliphatic carbocycles. The van der Waals surface area contributed by atoms with Crippen LogP contribution in [0.1, 0.15) is 24.0 Å². The van der Waals surface area contributed by atoms with Crippen LogP contribution in [-0.4, -0.2) is 36.0 Å². The fraction of sp³-hybridized carbons (Fsp3) is 0.500. The average molecular weight is 346 g/mol. The molecule has 1 aliphatic rings. The molecule has 1 aromatic carbocycles. The Morgan fingerprint density at radius 1 is 1.25 bits per heavy atom. The van der Waals surface area contributed by atoms with Crippen molar-refractivity contribution >= 4 is 11.8 Å². The van der Waals surface area contributed by atoms with E-state index in [1.165, 1.54) is 6.07 Å². The van der Waals surface area contributed by atoms with Crippen LogP contribution in [0.2, 0.25) is 0 Å². The van der Waals surface area contributed by atoms with Crippen LogP contribution in [0.25, 0.3) is 0 Å². The summed E-state index contributed by atoms with van der Waals surface area (Å²) in [6.07, 6.45) is -4.50. The molecular formula is C16H18F4N2O2. The number of alkyl halides is 3. The lowest BCUT2D eigenvalue weighted by Gasteiger charge is -2.31. The van der Waals surface area contributed by atoms with Gasteiger partial charge in [0.25, 0.3) is 0 Å². The standard InChI is InChI=1S/C16H18F4N2O2/c1-10-8-11(2-3-13(10)17)9-21-14(23)12-4-6-22(7-5-12)15(24)16(18,19)20/h2-3,8,12H,4-7,9H2,1H3,(H,21,23). The van der Waals surface area contributed by atoms with E-state index in [9.17, 15) is 27.2 Å². The van der Waals surface area contributed by atoms with Crippen molar-refractivity contribution in [2.24, 2.45) is 5.92 Å². The Kier molecular flexibility index (Phi) is 5.46. The topological polar surface area (TPSA) is 49.4 Å². The second-order valence-corrected chi connectivity index (χ2v) is 5.87. The maximum atomic E-state index is 13.2. The van der Waals surface area contributed by atoms with E-state index >= 15 is 0 Å². The third-order valence-electron chi connectivity index (χ3n) is 4.08. The highest BCUT2D eigenvalue weighted by Gasteiger charge is 2.43. The maximum Gasteiger partial charge on any atom is 0.471 e. The van der Waals surface area contributed by atoms with Crippen LogP contribution in [-0.2, 0) is 16.1 Å². The van der Waals surface area contributed by atoms with Crippen molar-refractivity contribution in [3.63, 3.8) is 0 Å². The third-order valence-corrected chi connectivity index (χ3v) is 4.08. The Labute approximate surface area is 136 Å². The van der Waals surface area contributed by atoms with Crippen molar-refractivity contribution in [2.45, 2.75) is 32.5 Å². The second-order valence-electron chi connectivity index (χ2n) is 5.87. The van der Waals surface area contributed by atoms with E-state index in [1.54, 1.807) is 19.1 Å². The number of nitrogens with one attached hydrogen (secondary N) is 1. The van der Waals surface area contributed by atoms with Gasteiger partial charge in [-0.05, 0) is 37.0 Å². The first-order valence-corrected chi connectivity index (χ1v) is 7.57. The van der Waals surface area contributed by atoms with Gasteiger partial charge >= 0.3 is 12.1 Å². The van der Waals surface area contributed by atoms with E-state index in [4.69, 9.17) is 0 Å². The summed E-state index contributed by atoms with van der Waals surface area (Å²) in [5, 5.41) is 2.70. The molecule has 2 rings (SSSR count). The van der Waals surface area contributed by atoms with E-state index in [2.05, 4.69) is 5.32 Å². The molecule has 0 atom stereocenters. The number of hydrogen-bond acceptors (Lipinski definition) is 2. The van der Waals surface area contributed by atoms with Crippen molar-refractivity contribution in [1.82, 2.24) is 10.2 Å². The molecule has 0 unspecified atom stereocenters. The lowest BCUT2D eigenvalue weighted by atomic mass is 9.95. The van der Waals surface area contributed by atoms with Gasteiger partial charge in [-0.3, -0.25) is 9.59 Å². The number of aryl methyl sites for hydroxylation is 1. The first-order chi connectivity index (χ1) is 11.2. The molecule has 1 heterocycles. The molecule has 1 aromatic rings. The quantitative estimate of drug-likeness (QED) is 0.855. The number of carbonyl (C=O) groups excluding carboxylic acids is 2. The number of hydrogen-bond donors (Lipinski definition) is 1. The van der Waals surface area contributed by atoms with Crippen LogP contribution in [0.3, 0.4) is 0 Å². The highest BCUT2D eigenvalue weighted by molar-refractivity contribution is 5.83. The van der Waals surface area contributed by atoms with Gasteiger partial charge in [-0.15, -0.1) is 0 Å². The third kappa shape index (κ3) is 4.46. The van der Waals surface area contributed by atoms with E-state index in [0.717, 1.165) is 10.5 Å². The molecule has 0 saturated carbocycles. The Bertz CT molecular complexity index is 623.